The lowest BCUT2D eigenvalue weighted by Crippen LogP contribution is -1.61. The smallest absolute Gasteiger partial charge is 0.0790 e. The van der Waals surface area contributed by atoms with Crippen LogP contribution in [0.5, 0.6) is 0 Å². The van der Waals surface area contributed by atoms with Crippen molar-refractivity contribution < 1.29 is 4.57 Å². The minimum absolute atomic E-state index is 0. The average Bonchev–Trinajstić information content (AvgIpc) is 0.722. The quantitative estimate of drug-likeness (QED) is 0.453. The van der Waals surface area contributed by atoms with Crippen LogP contribution in [0.3, 0.4) is 0 Å². The van der Waals surface area contributed by atoms with Gasteiger partial charge in [0, 0.05) is 0 Å². The van der Waals surface area contributed by atoms with Crippen molar-refractivity contribution >= 4 is 7.14 Å². The monoisotopic (exact) mass is 124 g/mol. The van der Waals surface area contributed by atoms with Crippen molar-refractivity contribution in [3.63, 3.8) is 0 Å². The van der Waals surface area contributed by atoms with Crippen LogP contribution < -0.4 is 0 Å². The summed E-state index contributed by atoms with van der Waals surface area (Å²) >= 11 is 0. The van der Waals surface area contributed by atoms with E-state index in [1.807, 2.05) is 0 Å². The van der Waals surface area contributed by atoms with E-state index in [-0.39, 0.29) is 14.9 Å². The van der Waals surface area contributed by atoms with E-state index in [0.29, 0.717) is 0 Å². The molecule has 0 atom stereocenters. The molecule has 2 heteroatoms. The predicted molar refractivity (Wildman–Crippen MR) is 38.8 cm³/mol. The zero-order valence-electron chi connectivity index (χ0n) is 3.86. The van der Waals surface area contributed by atoms with Gasteiger partial charge >= 0.3 is 0 Å². The van der Waals surface area contributed by atoms with E-state index >= 15 is 0 Å². The van der Waals surface area contributed by atoms with Gasteiger partial charge in [-0.15, -0.1) is 0 Å². The van der Waals surface area contributed by atoms with Crippen LogP contribution in [0.2, 0.25) is 0 Å². The first-order valence-corrected chi connectivity index (χ1v) is 4.57. The fourth-order valence-corrected chi connectivity index (χ4v) is 0. The summed E-state index contributed by atoms with van der Waals surface area (Å²) in [5.41, 5.74) is 0. The predicted octanol–water partition coefficient (Wildman–Crippen LogP) is 2.51. The summed E-state index contributed by atoms with van der Waals surface area (Å²) in [6.07, 6.45) is 0. The molecule has 0 radical (unpaired) electrons. The molecule has 0 aliphatic carbocycles. The summed E-state index contributed by atoms with van der Waals surface area (Å²) in [7, 11) is -1.64. The lowest BCUT2D eigenvalue weighted by atomic mass is 11.9. The van der Waals surface area contributed by atoms with E-state index in [1.165, 1.54) is 0 Å². The molecule has 0 N–H and O–H groups in total. The maximum atomic E-state index is 10.2. The van der Waals surface area contributed by atoms with Gasteiger partial charge in [0.25, 0.3) is 0 Å². The van der Waals surface area contributed by atoms with Crippen molar-refractivity contribution in [2.24, 2.45) is 0 Å². The van der Waals surface area contributed by atoms with Crippen LogP contribution in [0.1, 0.15) is 14.9 Å². The summed E-state index contributed by atoms with van der Waals surface area (Å²) in [5, 5.41) is 0. The molecule has 0 heterocycles. The third-order valence-corrected chi connectivity index (χ3v) is 0. The Morgan fingerprint density at radius 1 is 1.00 bits per heavy atom. The normalized spacial score (nSPS) is 8.43. The van der Waals surface area contributed by atoms with Gasteiger partial charge in [-0.1, -0.05) is 14.9 Å². The summed E-state index contributed by atoms with van der Waals surface area (Å²) < 4.78 is 10.2. The van der Waals surface area contributed by atoms with Crippen LogP contribution in [0.25, 0.3) is 0 Å². The molecule has 0 rings (SSSR count). The number of rotatable bonds is 0. The molecule has 0 aliphatic heterocycles. The molecule has 0 unspecified atom stereocenters. The van der Waals surface area contributed by atoms with Gasteiger partial charge in [-0.05, 0) is 20.0 Å². The molecule has 0 saturated heterocycles. The molecule has 0 saturated carbocycles. The van der Waals surface area contributed by atoms with E-state index in [1.54, 1.807) is 20.0 Å². The third kappa shape index (κ3) is 2110. The zero-order valence-corrected chi connectivity index (χ0v) is 4.75. The molecule has 0 fully saturated rings. The van der Waals surface area contributed by atoms with Gasteiger partial charge in [-0.25, -0.2) is 0 Å². The van der Waals surface area contributed by atoms with Crippen molar-refractivity contribution in [2.75, 3.05) is 20.0 Å². The van der Waals surface area contributed by atoms with Crippen molar-refractivity contribution in [3.8, 4) is 0 Å². The maximum absolute atomic E-state index is 10.2. The lowest BCUT2D eigenvalue weighted by Gasteiger charge is -1.86. The van der Waals surface area contributed by atoms with Crippen molar-refractivity contribution in [1.29, 1.82) is 0 Å². The van der Waals surface area contributed by atoms with Crippen LogP contribution in [0.4, 0.5) is 0 Å². The van der Waals surface area contributed by atoms with E-state index < -0.39 is 7.14 Å². The Kier molecular flexibility index (Phi) is 9.84. The Labute approximate surface area is 47.5 Å². The minimum atomic E-state index is -1.64. The Hall–Kier alpha value is 0.230. The first-order chi connectivity index (χ1) is 2.00. The maximum Gasteiger partial charge on any atom is 0.0790 e. The Morgan fingerprint density at radius 2 is 1.00 bits per heavy atom. The van der Waals surface area contributed by atoms with Crippen molar-refractivity contribution in [3.05, 3.63) is 0 Å². The van der Waals surface area contributed by atoms with Crippen LogP contribution in [0, 0.1) is 0 Å². The SMILES string of the molecule is C.C.CP(C)(C)=O. The molecule has 48 valence electrons. The van der Waals surface area contributed by atoms with Crippen LogP contribution in [0.15, 0.2) is 0 Å². The highest BCUT2D eigenvalue weighted by atomic mass is 31.2. The van der Waals surface area contributed by atoms with Crippen LogP contribution in [-0.4, -0.2) is 20.0 Å². The van der Waals surface area contributed by atoms with E-state index in [0.717, 1.165) is 0 Å². The largest absolute Gasteiger partial charge is 0.324 e. The van der Waals surface area contributed by atoms with E-state index in [4.69, 9.17) is 0 Å². The molecule has 7 heavy (non-hydrogen) atoms. The Morgan fingerprint density at radius 3 is 1.00 bits per heavy atom. The standard InChI is InChI=1S/C3H9OP.2CH4/c1-5(2,3)4;;/h1-3H3;2*1H4. The highest BCUT2D eigenvalue weighted by Crippen LogP contribution is 2.28. The fraction of sp³-hybridized carbons (Fsp3) is 1.00. The molecule has 0 aromatic heterocycles. The first kappa shape index (κ1) is 15.7. The topological polar surface area (TPSA) is 17.1 Å². The molecular formula is C5H17OP. The fourth-order valence-electron chi connectivity index (χ4n) is 0. The second-order valence-corrected chi connectivity index (χ2v) is 5.67. The van der Waals surface area contributed by atoms with Gasteiger partial charge in [0.05, 0.1) is 7.14 Å². The highest BCUT2D eigenvalue weighted by Gasteiger charge is 1.89. The van der Waals surface area contributed by atoms with E-state index in [2.05, 4.69) is 0 Å². The summed E-state index contributed by atoms with van der Waals surface area (Å²) in [6, 6.07) is 0. The molecule has 0 amide bonds. The molecule has 0 bridgehead atoms. The molecule has 0 spiro atoms. The third-order valence-electron chi connectivity index (χ3n) is 0. The number of hydrogen-bond acceptors (Lipinski definition) is 1. The number of hydrogen-bond donors (Lipinski definition) is 0. The zero-order chi connectivity index (χ0) is 4.50. The Bertz CT molecular complexity index is 54.2. The summed E-state index contributed by atoms with van der Waals surface area (Å²) in [5.74, 6) is 0. The first-order valence-electron chi connectivity index (χ1n) is 1.52. The molecule has 0 aromatic rings. The van der Waals surface area contributed by atoms with E-state index in [9.17, 15) is 4.57 Å². The van der Waals surface area contributed by atoms with Crippen molar-refractivity contribution in [1.82, 2.24) is 0 Å². The van der Waals surface area contributed by atoms with Crippen LogP contribution in [-0.2, 0) is 4.57 Å². The minimum Gasteiger partial charge on any atom is -0.324 e. The van der Waals surface area contributed by atoms with Gasteiger partial charge in [0.1, 0.15) is 0 Å². The van der Waals surface area contributed by atoms with Gasteiger partial charge in [-0.3, -0.25) is 0 Å². The lowest BCUT2D eigenvalue weighted by molar-refractivity contribution is 0.586. The molecular weight excluding hydrogens is 107 g/mol. The van der Waals surface area contributed by atoms with Gasteiger partial charge in [0.2, 0.25) is 0 Å². The molecule has 0 aliphatic rings. The van der Waals surface area contributed by atoms with Gasteiger partial charge in [0.15, 0.2) is 0 Å². The second-order valence-electron chi connectivity index (χ2n) is 1.89. The molecule has 1 nitrogen and oxygen atoms in total. The second kappa shape index (κ2) is 4.39. The van der Waals surface area contributed by atoms with Gasteiger partial charge < -0.3 is 4.57 Å². The Balaban J connectivity index is -0.0000000800. The van der Waals surface area contributed by atoms with Gasteiger partial charge in [-0.2, -0.15) is 0 Å². The van der Waals surface area contributed by atoms with Crippen molar-refractivity contribution in [2.45, 2.75) is 14.9 Å². The summed E-state index contributed by atoms with van der Waals surface area (Å²) in [6.45, 7) is 5.23. The summed E-state index contributed by atoms with van der Waals surface area (Å²) in [4.78, 5) is 0. The molecule has 0 aromatic carbocycles. The van der Waals surface area contributed by atoms with Crippen LogP contribution >= 0.6 is 7.14 Å². The average molecular weight is 124 g/mol. The highest BCUT2D eigenvalue weighted by molar-refractivity contribution is 7.61.